The molecule has 1 heterocycles. The Balaban J connectivity index is 1.91. The summed E-state index contributed by atoms with van der Waals surface area (Å²) in [5.41, 5.74) is 8.08. The molecule has 0 saturated heterocycles. The number of ether oxygens (including phenoxy) is 1. The fourth-order valence-electron chi connectivity index (χ4n) is 2.59. The number of nitrogens with two attached hydrogens (primary N) is 1. The highest BCUT2D eigenvalue weighted by molar-refractivity contribution is 9.10. The average molecular weight is 310 g/mol. The van der Waals surface area contributed by atoms with Gasteiger partial charge in [0, 0.05) is 17.1 Å². The van der Waals surface area contributed by atoms with Gasteiger partial charge in [-0.25, -0.2) is 4.98 Å². The van der Waals surface area contributed by atoms with Crippen molar-refractivity contribution in [2.45, 2.75) is 31.9 Å². The number of imidazole rings is 1. The molecule has 0 aliphatic heterocycles. The van der Waals surface area contributed by atoms with Gasteiger partial charge in [-0.1, -0.05) is 15.9 Å². The zero-order valence-corrected chi connectivity index (χ0v) is 11.9. The van der Waals surface area contributed by atoms with Crippen molar-refractivity contribution in [1.82, 2.24) is 9.55 Å². The summed E-state index contributed by atoms with van der Waals surface area (Å²) < 4.78 is 8.76. The number of fused-ring (bicyclic) bond motifs is 1. The molecule has 1 aromatic heterocycles. The maximum Gasteiger partial charge on any atom is 0.201 e. The van der Waals surface area contributed by atoms with Crippen LogP contribution in [0, 0.1) is 0 Å². The van der Waals surface area contributed by atoms with Crippen molar-refractivity contribution in [2.24, 2.45) is 0 Å². The van der Waals surface area contributed by atoms with Gasteiger partial charge in [0.2, 0.25) is 5.95 Å². The van der Waals surface area contributed by atoms with Crippen molar-refractivity contribution in [3.63, 3.8) is 0 Å². The fourth-order valence-corrected chi connectivity index (χ4v) is 2.94. The van der Waals surface area contributed by atoms with Crippen LogP contribution in [0.25, 0.3) is 11.0 Å². The number of anilines is 1. The predicted molar refractivity (Wildman–Crippen MR) is 75.5 cm³/mol. The van der Waals surface area contributed by atoms with Gasteiger partial charge in [0.1, 0.15) is 0 Å². The Morgan fingerprint density at radius 3 is 3.00 bits per heavy atom. The van der Waals surface area contributed by atoms with Crippen molar-refractivity contribution in [3.8, 4) is 0 Å². The first-order valence-corrected chi connectivity index (χ1v) is 7.03. The molecule has 96 valence electrons. The Hall–Kier alpha value is -1.07. The van der Waals surface area contributed by atoms with Crippen LogP contribution < -0.4 is 5.73 Å². The number of nitrogens with zero attached hydrogens (tertiary/aromatic N) is 2. The summed E-state index contributed by atoms with van der Waals surface area (Å²) in [5.74, 6) is 0.600. The molecule has 0 atom stereocenters. The number of aromatic nitrogens is 2. The third-order valence-electron chi connectivity index (χ3n) is 3.52. The van der Waals surface area contributed by atoms with Gasteiger partial charge < -0.3 is 15.0 Å². The third-order valence-corrected chi connectivity index (χ3v) is 4.01. The van der Waals surface area contributed by atoms with Gasteiger partial charge in [0.05, 0.1) is 17.1 Å². The van der Waals surface area contributed by atoms with Gasteiger partial charge in [0.15, 0.2) is 0 Å². The lowest BCUT2D eigenvalue weighted by Gasteiger charge is -2.36. The standard InChI is InChI=1S/C13H16BrN3O/c1-2-18-10-6-9(7-10)17-12-4-3-8(14)5-11(12)16-13(17)15/h3-5,9-10H,2,6-7H2,1H3,(H2,15,16). The van der Waals surface area contributed by atoms with E-state index in [4.69, 9.17) is 10.5 Å². The van der Waals surface area contributed by atoms with Gasteiger partial charge in [-0.15, -0.1) is 0 Å². The van der Waals surface area contributed by atoms with Crippen LogP contribution in [-0.4, -0.2) is 22.3 Å². The summed E-state index contributed by atoms with van der Waals surface area (Å²) in [6, 6.07) is 6.52. The monoisotopic (exact) mass is 309 g/mol. The second-order valence-electron chi connectivity index (χ2n) is 4.68. The molecule has 3 rings (SSSR count). The first kappa shape index (κ1) is 12.0. The number of hydrogen-bond acceptors (Lipinski definition) is 3. The van der Waals surface area contributed by atoms with Crippen LogP contribution in [0.5, 0.6) is 0 Å². The zero-order chi connectivity index (χ0) is 12.7. The minimum Gasteiger partial charge on any atom is -0.378 e. The highest BCUT2D eigenvalue weighted by atomic mass is 79.9. The lowest BCUT2D eigenvalue weighted by atomic mass is 9.89. The van der Waals surface area contributed by atoms with Crippen LogP contribution in [-0.2, 0) is 4.74 Å². The van der Waals surface area contributed by atoms with Crippen molar-refractivity contribution < 1.29 is 4.74 Å². The van der Waals surface area contributed by atoms with E-state index in [0.717, 1.165) is 35.0 Å². The van der Waals surface area contributed by atoms with Gasteiger partial charge in [-0.3, -0.25) is 0 Å². The molecular weight excluding hydrogens is 294 g/mol. The Morgan fingerprint density at radius 2 is 2.28 bits per heavy atom. The number of rotatable bonds is 3. The van der Waals surface area contributed by atoms with Gasteiger partial charge >= 0.3 is 0 Å². The molecule has 0 unspecified atom stereocenters. The molecule has 0 bridgehead atoms. The van der Waals surface area contributed by atoms with E-state index in [1.54, 1.807) is 0 Å². The predicted octanol–water partition coefficient (Wildman–Crippen LogP) is 3.12. The highest BCUT2D eigenvalue weighted by Crippen LogP contribution is 2.38. The van der Waals surface area contributed by atoms with Gasteiger partial charge in [-0.2, -0.15) is 0 Å². The van der Waals surface area contributed by atoms with Crippen LogP contribution in [0.1, 0.15) is 25.8 Å². The Kier molecular flexibility index (Phi) is 3.03. The molecular formula is C13H16BrN3O. The summed E-state index contributed by atoms with van der Waals surface area (Å²) in [6.07, 6.45) is 2.44. The molecule has 1 aromatic carbocycles. The molecule has 0 spiro atoms. The van der Waals surface area contributed by atoms with Crippen LogP contribution in [0.3, 0.4) is 0 Å². The number of nitrogen functional groups attached to an aromatic ring is 1. The SMILES string of the molecule is CCOC1CC(n2c(N)nc3cc(Br)ccc32)C1. The molecule has 18 heavy (non-hydrogen) atoms. The van der Waals surface area contributed by atoms with Crippen molar-refractivity contribution >= 4 is 32.9 Å². The van der Waals surface area contributed by atoms with E-state index in [0.29, 0.717) is 18.1 Å². The summed E-state index contributed by atoms with van der Waals surface area (Å²) >= 11 is 3.45. The zero-order valence-electron chi connectivity index (χ0n) is 10.3. The van der Waals surface area contributed by atoms with Crippen LogP contribution in [0.4, 0.5) is 5.95 Å². The smallest absolute Gasteiger partial charge is 0.201 e. The number of benzene rings is 1. The Morgan fingerprint density at radius 1 is 1.50 bits per heavy atom. The molecule has 2 aromatic rings. The number of halogens is 1. The molecule has 0 radical (unpaired) electrons. The third kappa shape index (κ3) is 1.91. The Labute approximate surface area is 114 Å². The van der Waals surface area contributed by atoms with Crippen molar-refractivity contribution in [2.75, 3.05) is 12.3 Å². The second-order valence-corrected chi connectivity index (χ2v) is 5.59. The second kappa shape index (κ2) is 4.55. The van der Waals surface area contributed by atoms with Crippen molar-refractivity contribution in [3.05, 3.63) is 22.7 Å². The van der Waals surface area contributed by atoms with E-state index < -0.39 is 0 Å². The average Bonchev–Trinajstić information content (AvgIpc) is 2.58. The molecule has 1 fully saturated rings. The largest absolute Gasteiger partial charge is 0.378 e. The summed E-state index contributed by atoms with van der Waals surface area (Å²) in [5, 5.41) is 0. The van der Waals surface area contributed by atoms with E-state index in [-0.39, 0.29) is 0 Å². The molecule has 1 aliphatic rings. The lowest BCUT2D eigenvalue weighted by molar-refractivity contribution is -0.0181. The first-order valence-electron chi connectivity index (χ1n) is 6.23. The van der Waals surface area contributed by atoms with Crippen molar-refractivity contribution in [1.29, 1.82) is 0 Å². The van der Waals surface area contributed by atoms with Gasteiger partial charge in [-0.05, 0) is 38.0 Å². The fraction of sp³-hybridized carbons (Fsp3) is 0.462. The molecule has 0 amide bonds. The molecule has 5 heteroatoms. The first-order chi connectivity index (χ1) is 8.69. The number of hydrogen-bond donors (Lipinski definition) is 1. The molecule has 2 N–H and O–H groups in total. The normalized spacial score (nSPS) is 23.2. The van der Waals surface area contributed by atoms with E-state index >= 15 is 0 Å². The van der Waals surface area contributed by atoms with Gasteiger partial charge in [0.25, 0.3) is 0 Å². The molecule has 1 saturated carbocycles. The maximum absolute atomic E-state index is 6.03. The Bertz CT molecular complexity index is 575. The quantitative estimate of drug-likeness (QED) is 0.947. The highest BCUT2D eigenvalue weighted by Gasteiger charge is 2.33. The molecule has 1 aliphatic carbocycles. The van der Waals surface area contributed by atoms with Crippen LogP contribution >= 0.6 is 15.9 Å². The summed E-state index contributed by atoms with van der Waals surface area (Å²) in [4.78, 5) is 4.42. The van der Waals surface area contributed by atoms with Crippen LogP contribution in [0.2, 0.25) is 0 Å². The van der Waals surface area contributed by atoms with E-state index in [1.807, 2.05) is 19.1 Å². The van der Waals surface area contributed by atoms with E-state index in [1.165, 1.54) is 0 Å². The van der Waals surface area contributed by atoms with E-state index in [2.05, 4.69) is 31.5 Å². The minimum absolute atomic E-state index is 0.382. The van der Waals surface area contributed by atoms with E-state index in [9.17, 15) is 0 Å². The topological polar surface area (TPSA) is 53.1 Å². The minimum atomic E-state index is 0.382. The lowest BCUT2D eigenvalue weighted by Crippen LogP contribution is -2.33. The summed E-state index contributed by atoms with van der Waals surface area (Å²) in [7, 11) is 0. The summed E-state index contributed by atoms with van der Waals surface area (Å²) in [6.45, 7) is 2.82. The van der Waals surface area contributed by atoms with Crippen LogP contribution in [0.15, 0.2) is 22.7 Å². The molecule has 4 nitrogen and oxygen atoms in total. The maximum atomic E-state index is 6.03.